The monoisotopic (exact) mass is 380 g/mol. The quantitative estimate of drug-likeness (QED) is 0.521. The maximum absolute atomic E-state index is 11.9. The van der Waals surface area contributed by atoms with Gasteiger partial charge in [-0.25, -0.2) is 0 Å². The molecule has 0 unspecified atom stereocenters. The van der Waals surface area contributed by atoms with E-state index in [2.05, 4.69) is 24.0 Å². The van der Waals surface area contributed by atoms with Gasteiger partial charge in [0.1, 0.15) is 17.0 Å². The molecule has 0 atom stereocenters. The van der Waals surface area contributed by atoms with Gasteiger partial charge in [0.05, 0.1) is 0 Å². The molecule has 0 fully saturated rings. The number of Topliss-reactive ketones (excluding diaryl/α,β-unsaturated/α-hetero) is 1. The molecule has 1 aromatic rings. The molecule has 1 aromatic carbocycles. The fourth-order valence-corrected chi connectivity index (χ4v) is 2.00. The molecule has 0 aromatic heterocycles. The van der Waals surface area contributed by atoms with Crippen molar-refractivity contribution in [1.82, 2.24) is 0 Å². The molecule has 0 aliphatic heterocycles. The summed E-state index contributed by atoms with van der Waals surface area (Å²) in [5.74, 6) is 2.71. The van der Waals surface area contributed by atoms with Crippen LogP contribution in [-0.2, 0) is 4.74 Å². The predicted molar refractivity (Wildman–Crippen MR) is 115 cm³/mol. The van der Waals surface area contributed by atoms with Gasteiger partial charge in [-0.15, -0.1) is 12.3 Å². The van der Waals surface area contributed by atoms with Crippen LogP contribution >= 0.6 is 0 Å². The lowest BCUT2D eigenvalue weighted by Gasteiger charge is -2.26. The number of terminal acetylenes is 1. The van der Waals surface area contributed by atoms with Crippen molar-refractivity contribution in [2.75, 3.05) is 14.2 Å². The van der Waals surface area contributed by atoms with Crippen LogP contribution in [0.25, 0.3) is 0 Å². The highest BCUT2D eigenvalue weighted by molar-refractivity contribution is 6.01. The maximum Gasteiger partial charge on any atom is 0.193 e. The molecule has 0 radical (unpaired) electrons. The van der Waals surface area contributed by atoms with Gasteiger partial charge >= 0.3 is 0 Å². The average Bonchev–Trinajstić information content (AvgIpc) is 2.57. The molecule has 0 bridgehead atoms. The van der Waals surface area contributed by atoms with Gasteiger partial charge in [0, 0.05) is 19.8 Å². The van der Waals surface area contributed by atoms with Crippen molar-refractivity contribution >= 4 is 5.78 Å². The van der Waals surface area contributed by atoms with Gasteiger partial charge in [0.15, 0.2) is 5.78 Å². The van der Waals surface area contributed by atoms with Crippen LogP contribution in [0.3, 0.4) is 0 Å². The van der Waals surface area contributed by atoms with Crippen LogP contribution in [0.15, 0.2) is 24.3 Å². The van der Waals surface area contributed by atoms with E-state index in [1.54, 1.807) is 45.4 Å². The Hall–Kier alpha value is -1.83. The second kappa shape index (κ2) is 16.4. The minimum atomic E-state index is -1.34. The largest absolute Gasteiger partial charge is 0.488 e. The lowest BCUT2D eigenvalue weighted by molar-refractivity contribution is 0.0487. The summed E-state index contributed by atoms with van der Waals surface area (Å²) in [6.07, 6.45) is 6.62. The number of hydrogen-bond acceptors (Lipinski definition) is 4. The molecule has 4 heteroatoms. The Bertz CT molecular complexity index is 517. The van der Waals surface area contributed by atoms with E-state index in [1.165, 1.54) is 13.8 Å². The van der Waals surface area contributed by atoms with Crippen molar-refractivity contribution in [3.05, 3.63) is 29.8 Å². The average molecular weight is 381 g/mol. The number of ketones is 1. The zero-order valence-electron chi connectivity index (χ0n) is 19.0. The van der Waals surface area contributed by atoms with Gasteiger partial charge in [-0.3, -0.25) is 4.79 Å². The first-order valence-corrected chi connectivity index (χ1v) is 9.32. The summed E-state index contributed by atoms with van der Waals surface area (Å²) in [6, 6.07) is 6.93. The van der Waals surface area contributed by atoms with Crippen LogP contribution < -0.4 is 4.74 Å². The smallest absolute Gasteiger partial charge is 0.193 e. The third kappa shape index (κ3) is 16.1. The van der Waals surface area contributed by atoms with E-state index in [1.807, 2.05) is 27.7 Å². The van der Waals surface area contributed by atoms with Crippen LogP contribution in [-0.4, -0.2) is 36.3 Å². The summed E-state index contributed by atoms with van der Waals surface area (Å²) in [4.78, 5) is 11.9. The lowest BCUT2D eigenvalue weighted by atomic mass is 9.97. The molecule has 0 amide bonds. The van der Waals surface area contributed by atoms with E-state index in [9.17, 15) is 9.90 Å². The SMILES string of the molecule is C#CC.CC.CCCC(C)(C)Oc1ccc(C(=O)C(C)(C)O)cc1.COC. The number of aliphatic hydroxyl groups is 1. The molecule has 0 saturated carbocycles. The highest BCUT2D eigenvalue weighted by atomic mass is 16.5. The highest BCUT2D eigenvalue weighted by Crippen LogP contribution is 2.23. The fourth-order valence-electron chi connectivity index (χ4n) is 2.00. The molecule has 0 heterocycles. The van der Waals surface area contributed by atoms with Crippen molar-refractivity contribution in [3.63, 3.8) is 0 Å². The van der Waals surface area contributed by atoms with Crippen molar-refractivity contribution in [2.45, 2.75) is 79.4 Å². The number of carbonyl (C=O) groups excluding carboxylic acids is 1. The number of hydrogen-bond donors (Lipinski definition) is 1. The molecular formula is C23H40O4. The zero-order valence-corrected chi connectivity index (χ0v) is 19.0. The van der Waals surface area contributed by atoms with E-state index < -0.39 is 5.60 Å². The van der Waals surface area contributed by atoms with Crippen molar-refractivity contribution in [2.24, 2.45) is 0 Å². The highest BCUT2D eigenvalue weighted by Gasteiger charge is 2.25. The number of ether oxygens (including phenoxy) is 2. The Kier molecular flexibility index (Phi) is 18.1. The summed E-state index contributed by atoms with van der Waals surface area (Å²) in [5.41, 5.74) is -1.06. The minimum absolute atomic E-state index is 0.212. The Morgan fingerprint density at radius 2 is 1.48 bits per heavy atom. The fraction of sp³-hybridized carbons (Fsp3) is 0.609. The minimum Gasteiger partial charge on any atom is -0.488 e. The molecule has 156 valence electrons. The first kappa shape index (κ1) is 29.9. The molecule has 27 heavy (non-hydrogen) atoms. The number of rotatable bonds is 6. The molecule has 0 spiro atoms. The Balaban J connectivity index is -0.000000620. The molecule has 1 rings (SSSR count). The molecule has 4 nitrogen and oxygen atoms in total. The predicted octanol–water partition coefficient (Wildman–Crippen LogP) is 5.53. The standard InChI is InChI=1S/C16H24O3.C3H4.C2H6O.C2H6/c1-6-11-15(2,3)19-13-9-7-12(8-10-13)14(17)16(4,5)18;2*1-3-2;1-2/h7-10,18H,6,11H2,1-5H3;1H,2H3;1-2H3;1-2H3. The third-order valence-corrected chi connectivity index (χ3v) is 2.92. The van der Waals surface area contributed by atoms with Gasteiger partial charge in [-0.2, -0.15) is 0 Å². The summed E-state index contributed by atoms with van der Waals surface area (Å²) in [5, 5.41) is 9.68. The zero-order chi connectivity index (χ0) is 22.1. The van der Waals surface area contributed by atoms with E-state index in [4.69, 9.17) is 4.74 Å². The molecule has 1 N–H and O–H groups in total. The second-order valence-corrected chi connectivity index (χ2v) is 6.72. The topological polar surface area (TPSA) is 55.8 Å². The summed E-state index contributed by atoms with van der Waals surface area (Å²) in [7, 11) is 3.25. The van der Waals surface area contributed by atoms with Gasteiger partial charge in [0.2, 0.25) is 0 Å². The first-order valence-electron chi connectivity index (χ1n) is 9.32. The molecule has 0 aliphatic rings. The first-order chi connectivity index (χ1) is 12.5. The Labute approximate surface area is 167 Å². The lowest BCUT2D eigenvalue weighted by Crippen LogP contribution is -2.31. The van der Waals surface area contributed by atoms with E-state index in [-0.39, 0.29) is 11.4 Å². The van der Waals surface area contributed by atoms with Gasteiger partial charge in [-0.05, 0) is 65.3 Å². The van der Waals surface area contributed by atoms with E-state index >= 15 is 0 Å². The number of methoxy groups -OCH3 is 1. The van der Waals surface area contributed by atoms with E-state index in [0.29, 0.717) is 5.56 Å². The third-order valence-electron chi connectivity index (χ3n) is 2.92. The Morgan fingerprint density at radius 3 is 1.78 bits per heavy atom. The summed E-state index contributed by atoms with van der Waals surface area (Å²) in [6.45, 7) is 14.9. The van der Waals surface area contributed by atoms with Crippen molar-refractivity contribution in [3.8, 4) is 18.1 Å². The van der Waals surface area contributed by atoms with Crippen LogP contribution in [0.1, 0.15) is 78.6 Å². The Morgan fingerprint density at radius 1 is 1.11 bits per heavy atom. The summed E-state index contributed by atoms with van der Waals surface area (Å²) >= 11 is 0. The van der Waals surface area contributed by atoms with Crippen LogP contribution in [0.5, 0.6) is 5.75 Å². The van der Waals surface area contributed by atoms with Crippen molar-refractivity contribution < 1.29 is 19.4 Å². The van der Waals surface area contributed by atoms with Crippen molar-refractivity contribution in [1.29, 1.82) is 0 Å². The van der Waals surface area contributed by atoms with E-state index in [0.717, 1.165) is 18.6 Å². The molecule has 0 aliphatic carbocycles. The number of carbonyl (C=O) groups is 1. The second-order valence-electron chi connectivity index (χ2n) is 6.72. The van der Waals surface area contributed by atoms with Crippen LogP contribution in [0, 0.1) is 12.3 Å². The molecular weight excluding hydrogens is 340 g/mol. The van der Waals surface area contributed by atoms with Gasteiger partial charge in [0.25, 0.3) is 0 Å². The molecule has 0 saturated heterocycles. The van der Waals surface area contributed by atoms with Crippen LogP contribution in [0.2, 0.25) is 0 Å². The normalized spacial score (nSPS) is 9.85. The van der Waals surface area contributed by atoms with Gasteiger partial charge in [-0.1, -0.05) is 27.2 Å². The van der Waals surface area contributed by atoms with Crippen LogP contribution in [0.4, 0.5) is 0 Å². The summed E-state index contributed by atoms with van der Waals surface area (Å²) < 4.78 is 10.1. The van der Waals surface area contributed by atoms with Gasteiger partial charge < -0.3 is 14.6 Å². The number of benzene rings is 1. The maximum atomic E-state index is 11.9.